The average molecular weight is 410 g/mol. The Kier molecular flexibility index (Phi) is 5.16. The number of hydrogen-bond acceptors (Lipinski definition) is 6. The third-order valence-corrected chi connectivity index (χ3v) is 6.50. The number of carbonyl (C=O) groups excluding carboxylic acids is 1. The van der Waals surface area contributed by atoms with Crippen LogP contribution in [0.4, 0.5) is 5.69 Å². The summed E-state index contributed by atoms with van der Waals surface area (Å²) in [4.78, 5) is 22.6. The third-order valence-electron chi connectivity index (χ3n) is 4.37. The second-order valence-electron chi connectivity index (χ2n) is 6.30. The molecule has 0 radical (unpaired) electrons. The molecule has 0 saturated carbocycles. The maximum atomic E-state index is 12.3. The van der Waals surface area contributed by atoms with Crippen molar-refractivity contribution < 1.29 is 18.1 Å². The van der Waals surface area contributed by atoms with Crippen molar-refractivity contribution in [3.05, 3.63) is 62.4 Å². The first-order chi connectivity index (χ1) is 12.7. The van der Waals surface area contributed by atoms with Gasteiger partial charge in [-0.15, -0.1) is 0 Å². The molecular formula is C17H16ClN3O5S. The lowest BCUT2D eigenvalue weighted by Crippen LogP contribution is -2.12. The predicted molar refractivity (Wildman–Crippen MR) is 101 cm³/mol. The van der Waals surface area contributed by atoms with Crippen LogP contribution >= 0.6 is 11.6 Å². The van der Waals surface area contributed by atoms with E-state index in [1.807, 2.05) is 0 Å². The van der Waals surface area contributed by atoms with Crippen molar-refractivity contribution >= 4 is 39.0 Å². The number of aromatic nitrogens is 2. The van der Waals surface area contributed by atoms with E-state index >= 15 is 0 Å². The maximum absolute atomic E-state index is 12.3. The van der Waals surface area contributed by atoms with Crippen molar-refractivity contribution in [1.29, 1.82) is 0 Å². The lowest BCUT2D eigenvalue weighted by atomic mass is 10.1. The summed E-state index contributed by atoms with van der Waals surface area (Å²) >= 11 is 6.35. The summed E-state index contributed by atoms with van der Waals surface area (Å²) in [6.45, 7) is 1.71. The third kappa shape index (κ3) is 4.09. The largest absolute Gasteiger partial charge is 0.289 e. The van der Waals surface area contributed by atoms with Gasteiger partial charge in [0.1, 0.15) is 5.15 Å². The minimum absolute atomic E-state index is 0.0103. The van der Waals surface area contributed by atoms with Crippen molar-refractivity contribution in [2.75, 3.05) is 11.5 Å². The Labute approximate surface area is 160 Å². The van der Waals surface area contributed by atoms with Crippen molar-refractivity contribution in [2.24, 2.45) is 0 Å². The normalized spacial score (nSPS) is 18.8. The van der Waals surface area contributed by atoms with Crippen LogP contribution < -0.4 is 0 Å². The van der Waals surface area contributed by atoms with Crippen molar-refractivity contribution in [3.8, 4) is 0 Å². The minimum atomic E-state index is -3.08. The van der Waals surface area contributed by atoms with E-state index in [0.717, 1.165) is 0 Å². The molecule has 2 heterocycles. The van der Waals surface area contributed by atoms with E-state index < -0.39 is 20.5 Å². The predicted octanol–water partition coefficient (Wildman–Crippen LogP) is 3.01. The number of ketones is 1. The Bertz CT molecular complexity index is 1060. The van der Waals surface area contributed by atoms with Gasteiger partial charge in [-0.05, 0) is 25.5 Å². The molecule has 0 unspecified atom stereocenters. The quantitative estimate of drug-likeness (QED) is 0.324. The molecule has 2 aromatic rings. The summed E-state index contributed by atoms with van der Waals surface area (Å²) in [5.74, 6) is -0.321. The molecule has 0 aliphatic carbocycles. The van der Waals surface area contributed by atoms with Gasteiger partial charge in [0.25, 0.3) is 5.69 Å². The number of rotatable bonds is 5. The number of sulfone groups is 1. The van der Waals surface area contributed by atoms with Crippen LogP contribution in [0.25, 0.3) is 6.08 Å². The highest BCUT2D eigenvalue weighted by molar-refractivity contribution is 7.91. The molecule has 1 aliphatic heterocycles. The van der Waals surface area contributed by atoms with Crippen LogP contribution in [0.2, 0.25) is 5.15 Å². The van der Waals surface area contributed by atoms with Gasteiger partial charge in [0, 0.05) is 23.3 Å². The van der Waals surface area contributed by atoms with Gasteiger partial charge in [-0.3, -0.25) is 14.9 Å². The standard InChI is InChI=1S/C17H16ClN3O5S/c1-11-15(17(18)20(19-11)14-7-8-27(25,26)10-14)5-6-16(22)12-3-2-4-13(9-12)21(23)24/h2-6,9,14H,7-8,10H2,1H3/b6-5+/t14-/m0/s1. The van der Waals surface area contributed by atoms with E-state index in [9.17, 15) is 23.3 Å². The number of benzene rings is 1. The number of nitro groups is 1. The van der Waals surface area contributed by atoms with Gasteiger partial charge in [-0.25, -0.2) is 13.1 Å². The fraction of sp³-hybridized carbons (Fsp3) is 0.294. The first-order valence-corrected chi connectivity index (χ1v) is 10.3. The summed E-state index contributed by atoms with van der Waals surface area (Å²) in [5.41, 5.74) is 1.09. The van der Waals surface area contributed by atoms with Crippen molar-refractivity contribution in [3.63, 3.8) is 0 Å². The van der Waals surface area contributed by atoms with Crippen LogP contribution in [0.3, 0.4) is 0 Å². The molecule has 1 aromatic carbocycles. The molecule has 10 heteroatoms. The smallest absolute Gasteiger partial charge is 0.270 e. The Morgan fingerprint density at radius 2 is 2.19 bits per heavy atom. The molecule has 0 bridgehead atoms. The van der Waals surface area contributed by atoms with Gasteiger partial charge in [0.15, 0.2) is 15.6 Å². The van der Waals surface area contributed by atoms with Crippen molar-refractivity contribution in [1.82, 2.24) is 9.78 Å². The summed E-state index contributed by atoms with van der Waals surface area (Å²) in [6, 6.07) is 5.11. The number of non-ortho nitro benzene ring substituents is 1. The first-order valence-electron chi connectivity index (χ1n) is 8.10. The summed E-state index contributed by atoms with van der Waals surface area (Å²) in [7, 11) is -3.08. The number of aryl methyl sites for hydroxylation is 1. The second-order valence-corrected chi connectivity index (χ2v) is 8.88. The number of nitrogens with zero attached hydrogens (tertiary/aromatic N) is 3. The topological polar surface area (TPSA) is 112 Å². The highest BCUT2D eigenvalue weighted by Gasteiger charge is 2.31. The Hall–Kier alpha value is -2.52. The number of hydrogen-bond donors (Lipinski definition) is 0. The lowest BCUT2D eigenvalue weighted by Gasteiger charge is -2.09. The molecule has 0 N–H and O–H groups in total. The van der Waals surface area contributed by atoms with E-state index in [2.05, 4.69) is 5.10 Å². The van der Waals surface area contributed by atoms with Gasteiger partial charge in [-0.2, -0.15) is 5.10 Å². The fourth-order valence-corrected chi connectivity index (χ4v) is 5.03. The molecule has 1 fully saturated rings. The number of nitro benzene ring substituents is 1. The van der Waals surface area contributed by atoms with E-state index in [1.165, 1.54) is 41.1 Å². The SMILES string of the molecule is Cc1nn([C@H]2CCS(=O)(=O)C2)c(Cl)c1/C=C/C(=O)c1cccc([N+](=O)[O-])c1. The summed E-state index contributed by atoms with van der Waals surface area (Å²) < 4.78 is 24.8. The van der Waals surface area contributed by atoms with Crippen LogP contribution in [-0.2, 0) is 9.84 Å². The Morgan fingerprint density at radius 3 is 2.81 bits per heavy atom. The van der Waals surface area contributed by atoms with Crippen LogP contribution in [0.5, 0.6) is 0 Å². The molecule has 0 spiro atoms. The summed E-state index contributed by atoms with van der Waals surface area (Å²) in [6.07, 6.45) is 3.20. The molecule has 0 amide bonds. The molecule has 8 nitrogen and oxygen atoms in total. The molecule has 3 rings (SSSR count). The van der Waals surface area contributed by atoms with Gasteiger partial charge in [0.05, 0.1) is 28.2 Å². The molecule has 142 valence electrons. The maximum Gasteiger partial charge on any atom is 0.270 e. The van der Waals surface area contributed by atoms with Crippen molar-refractivity contribution in [2.45, 2.75) is 19.4 Å². The number of allylic oxidation sites excluding steroid dienone is 1. The monoisotopic (exact) mass is 409 g/mol. The van der Waals surface area contributed by atoms with E-state index in [0.29, 0.717) is 17.7 Å². The number of carbonyl (C=O) groups is 1. The molecule has 1 aliphatic rings. The zero-order valence-electron chi connectivity index (χ0n) is 14.3. The second kappa shape index (κ2) is 7.24. The summed E-state index contributed by atoms with van der Waals surface area (Å²) in [5, 5.41) is 15.4. The molecule has 1 atom stereocenters. The van der Waals surface area contributed by atoms with Crippen LogP contribution in [-0.4, -0.2) is 40.4 Å². The van der Waals surface area contributed by atoms with Crippen LogP contribution in [0.1, 0.15) is 34.1 Å². The zero-order valence-corrected chi connectivity index (χ0v) is 15.9. The molecule has 1 aromatic heterocycles. The first kappa shape index (κ1) is 19.2. The molecule has 1 saturated heterocycles. The zero-order chi connectivity index (χ0) is 19.8. The molecule has 27 heavy (non-hydrogen) atoms. The Morgan fingerprint density at radius 1 is 1.44 bits per heavy atom. The molecular weight excluding hydrogens is 394 g/mol. The van der Waals surface area contributed by atoms with Crippen LogP contribution in [0, 0.1) is 17.0 Å². The van der Waals surface area contributed by atoms with E-state index in [1.54, 1.807) is 6.92 Å². The van der Waals surface area contributed by atoms with Gasteiger partial charge >= 0.3 is 0 Å². The van der Waals surface area contributed by atoms with E-state index in [4.69, 9.17) is 11.6 Å². The highest BCUT2D eigenvalue weighted by Crippen LogP contribution is 2.30. The lowest BCUT2D eigenvalue weighted by molar-refractivity contribution is -0.384. The number of halogens is 1. The average Bonchev–Trinajstić information content (AvgIpc) is 3.11. The Balaban J connectivity index is 1.84. The highest BCUT2D eigenvalue weighted by atomic mass is 35.5. The fourth-order valence-electron chi connectivity index (χ4n) is 2.96. The van der Waals surface area contributed by atoms with E-state index in [-0.39, 0.29) is 34.0 Å². The van der Waals surface area contributed by atoms with Gasteiger partial charge < -0.3 is 0 Å². The van der Waals surface area contributed by atoms with Gasteiger partial charge in [0.2, 0.25) is 0 Å². The minimum Gasteiger partial charge on any atom is -0.289 e. The van der Waals surface area contributed by atoms with Gasteiger partial charge in [-0.1, -0.05) is 23.7 Å². The van der Waals surface area contributed by atoms with Crippen LogP contribution in [0.15, 0.2) is 30.3 Å².